The molecule has 3 aromatic rings. The van der Waals surface area contributed by atoms with E-state index in [2.05, 4.69) is 91.0 Å². The fourth-order valence-corrected chi connectivity index (χ4v) is 4.48. The molecule has 22 heavy (non-hydrogen) atoms. The van der Waals surface area contributed by atoms with Gasteiger partial charge in [0.15, 0.2) is 0 Å². The topological polar surface area (TPSA) is 0 Å². The maximum absolute atomic E-state index is 4.90. The molecule has 0 aliphatic rings. The van der Waals surface area contributed by atoms with Crippen LogP contribution >= 0.6 is 27.2 Å². The maximum atomic E-state index is 4.90. The van der Waals surface area contributed by atoms with Crippen LogP contribution in [0.3, 0.4) is 0 Å². The minimum Gasteiger partial charge on any atom is -0.0622 e. The first-order chi connectivity index (χ1) is 10.9. The van der Waals surface area contributed by atoms with Gasteiger partial charge in [-0.2, -0.15) is 0 Å². The molecule has 0 heterocycles. The molecule has 0 aliphatic heterocycles. The molecule has 3 rings (SSSR count). The number of hydrogen-bond acceptors (Lipinski definition) is 0. The van der Waals surface area contributed by atoms with Gasteiger partial charge < -0.3 is 0 Å². The van der Waals surface area contributed by atoms with E-state index in [4.69, 9.17) is 19.3 Å². The Bertz CT molecular complexity index is 554. The molecule has 0 saturated heterocycles. The van der Waals surface area contributed by atoms with Crippen LogP contribution in [0.15, 0.2) is 91.0 Å². The van der Waals surface area contributed by atoms with Gasteiger partial charge in [-0.1, -0.05) is 91.0 Å². The van der Waals surface area contributed by atoms with Crippen molar-refractivity contribution in [1.82, 2.24) is 0 Å². The standard InChI is InChI=1S/C18H15P.2ClH.Os/c1-4-10-16(11-5-1)19(17-12-6-2-7-13-17)18-14-8-3-9-15-18;;;/h1-15H;2*1H;/q;;;+2/p-2. The summed E-state index contributed by atoms with van der Waals surface area (Å²) in [6, 6.07) is 32.3. The van der Waals surface area contributed by atoms with Gasteiger partial charge in [0.2, 0.25) is 0 Å². The molecule has 0 nitrogen and oxygen atoms in total. The molecule has 0 radical (unpaired) electrons. The van der Waals surface area contributed by atoms with Crippen LogP contribution in [0, 0.1) is 0 Å². The van der Waals surface area contributed by atoms with E-state index in [1.807, 2.05) is 0 Å². The Labute approximate surface area is 149 Å². The van der Waals surface area contributed by atoms with Gasteiger partial charge in [0.25, 0.3) is 0 Å². The van der Waals surface area contributed by atoms with Crippen molar-refractivity contribution in [2.75, 3.05) is 0 Å². The minimum absolute atomic E-state index is 0.446. The Morgan fingerprint density at radius 2 is 0.727 bits per heavy atom. The van der Waals surface area contributed by atoms with Gasteiger partial charge in [-0.15, -0.1) is 0 Å². The largest absolute Gasteiger partial charge is 0.0622 e. The molecule has 3 aromatic carbocycles. The van der Waals surface area contributed by atoms with Crippen molar-refractivity contribution >= 4 is 43.1 Å². The summed E-state index contributed by atoms with van der Waals surface area (Å²) in [6.07, 6.45) is 0. The first-order valence-electron chi connectivity index (χ1n) is 6.67. The van der Waals surface area contributed by atoms with E-state index in [9.17, 15) is 0 Å². The van der Waals surface area contributed by atoms with E-state index in [0.717, 1.165) is 0 Å². The molecule has 0 fully saturated rings. The molecule has 4 heteroatoms. The SMILES string of the molecule is [Cl][Os][Cl].c1ccc(P(c2ccccc2)c2ccccc2)cc1. The van der Waals surface area contributed by atoms with Gasteiger partial charge >= 0.3 is 34.7 Å². The Morgan fingerprint density at radius 1 is 0.500 bits per heavy atom. The molecule has 0 spiro atoms. The molecule has 0 aliphatic carbocycles. The van der Waals surface area contributed by atoms with Crippen LogP contribution < -0.4 is 15.9 Å². The zero-order valence-electron chi connectivity index (χ0n) is 11.7. The fraction of sp³-hybridized carbons (Fsp3) is 0. The molecule has 114 valence electrons. The molecule has 0 bridgehead atoms. The third-order valence-electron chi connectivity index (χ3n) is 3.04. The molecule has 0 saturated carbocycles. The summed E-state index contributed by atoms with van der Waals surface area (Å²) in [7, 11) is 9.36. The summed E-state index contributed by atoms with van der Waals surface area (Å²) in [5.74, 6) is 0. The van der Waals surface area contributed by atoms with Gasteiger partial charge in [-0.25, -0.2) is 0 Å². The van der Waals surface area contributed by atoms with Crippen LogP contribution in [-0.4, -0.2) is 0 Å². The van der Waals surface area contributed by atoms with E-state index < -0.39 is 23.3 Å². The Hall–Kier alpha value is -0.694. The zero-order valence-corrected chi connectivity index (χ0v) is 16.7. The zero-order chi connectivity index (χ0) is 15.6. The Balaban J connectivity index is 0.000000545. The van der Waals surface area contributed by atoms with Crippen molar-refractivity contribution in [3.05, 3.63) is 91.0 Å². The van der Waals surface area contributed by atoms with Crippen LogP contribution in [0.2, 0.25) is 0 Å². The summed E-state index contributed by atoms with van der Waals surface area (Å²) < 4.78 is 0. The quantitative estimate of drug-likeness (QED) is 0.432. The van der Waals surface area contributed by atoms with E-state index >= 15 is 0 Å². The van der Waals surface area contributed by atoms with Crippen molar-refractivity contribution in [3.63, 3.8) is 0 Å². The van der Waals surface area contributed by atoms with Gasteiger partial charge in [0, 0.05) is 0 Å². The number of benzene rings is 3. The van der Waals surface area contributed by atoms with Crippen LogP contribution in [0.1, 0.15) is 0 Å². The fourth-order valence-electron chi connectivity index (χ4n) is 2.18. The second-order valence-corrected chi connectivity index (χ2v) is 10.3. The smallest absolute Gasteiger partial charge is 0.0134 e. The third kappa shape index (κ3) is 5.19. The Morgan fingerprint density at radius 3 is 0.955 bits per heavy atom. The molecular weight excluding hydrogens is 508 g/mol. The molecule has 0 aromatic heterocycles. The summed E-state index contributed by atoms with van der Waals surface area (Å²) in [5, 5.41) is 4.19. The summed E-state index contributed by atoms with van der Waals surface area (Å²) >= 11 is -0.639. The summed E-state index contributed by atoms with van der Waals surface area (Å²) in [4.78, 5) is 0. The molecule has 0 amide bonds. The van der Waals surface area contributed by atoms with Crippen molar-refractivity contribution in [2.24, 2.45) is 0 Å². The average Bonchev–Trinajstić information content (AvgIpc) is 2.59. The second kappa shape index (κ2) is 10.2. The van der Waals surface area contributed by atoms with Crippen molar-refractivity contribution < 1.29 is 15.4 Å². The number of rotatable bonds is 3. The Kier molecular flexibility index (Phi) is 8.15. The van der Waals surface area contributed by atoms with Crippen LogP contribution in [-0.2, 0) is 15.4 Å². The van der Waals surface area contributed by atoms with E-state index in [1.165, 1.54) is 15.9 Å². The van der Waals surface area contributed by atoms with Gasteiger partial charge in [0.05, 0.1) is 0 Å². The molecule has 0 atom stereocenters. The molecule has 0 N–H and O–H groups in total. The summed E-state index contributed by atoms with van der Waals surface area (Å²) in [5.41, 5.74) is 0. The first-order valence-corrected chi connectivity index (χ1v) is 14.3. The third-order valence-corrected chi connectivity index (χ3v) is 5.49. The number of halogens is 2. The van der Waals surface area contributed by atoms with E-state index in [1.54, 1.807) is 0 Å². The normalized spacial score (nSPS) is 10.1. The van der Waals surface area contributed by atoms with Crippen molar-refractivity contribution in [3.8, 4) is 0 Å². The summed E-state index contributed by atoms with van der Waals surface area (Å²) in [6.45, 7) is 0. The second-order valence-electron chi connectivity index (χ2n) is 4.39. The van der Waals surface area contributed by atoms with Crippen LogP contribution in [0.5, 0.6) is 0 Å². The minimum atomic E-state index is -0.639. The molecule has 0 unspecified atom stereocenters. The van der Waals surface area contributed by atoms with Gasteiger partial charge in [0.1, 0.15) is 0 Å². The van der Waals surface area contributed by atoms with Gasteiger partial charge in [-0.3, -0.25) is 0 Å². The van der Waals surface area contributed by atoms with Crippen molar-refractivity contribution in [2.45, 2.75) is 0 Å². The predicted molar refractivity (Wildman–Crippen MR) is 96.9 cm³/mol. The number of hydrogen-bond donors (Lipinski definition) is 0. The van der Waals surface area contributed by atoms with Crippen LogP contribution in [0.4, 0.5) is 0 Å². The van der Waals surface area contributed by atoms with Crippen molar-refractivity contribution in [1.29, 1.82) is 0 Å². The first kappa shape index (κ1) is 17.7. The maximum Gasteiger partial charge on any atom is -0.0134 e. The van der Waals surface area contributed by atoms with Gasteiger partial charge in [-0.05, 0) is 23.8 Å². The van der Waals surface area contributed by atoms with Crippen LogP contribution in [0.25, 0.3) is 0 Å². The average molecular weight is 523 g/mol. The molecular formula is C18H15Cl2OsP. The monoisotopic (exact) mass is 524 g/mol. The van der Waals surface area contributed by atoms with E-state index in [0.29, 0.717) is 0 Å². The predicted octanol–water partition coefficient (Wildman–Crippen LogP) is 4.82. The van der Waals surface area contributed by atoms with E-state index in [-0.39, 0.29) is 0 Å².